The van der Waals surface area contributed by atoms with Crippen molar-refractivity contribution >= 4 is 17.5 Å². The van der Waals surface area contributed by atoms with Crippen molar-refractivity contribution in [1.29, 1.82) is 0 Å². The van der Waals surface area contributed by atoms with Crippen LogP contribution in [0.2, 0.25) is 0 Å². The molecule has 0 fully saturated rings. The van der Waals surface area contributed by atoms with Gasteiger partial charge in [0.05, 0.1) is 24.3 Å². The summed E-state index contributed by atoms with van der Waals surface area (Å²) in [5.41, 5.74) is 0.533. The van der Waals surface area contributed by atoms with Crippen LogP contribution < -0.4 is 10.6 Å². The Morgan fingerprint density at radius 1 is 1.03 bits per heavy atom. The largest absolute Gasteiger partial charge is 0.348 e. The summed E-state index contributed by atoms with van der Waals surface area (Å²) in [6.07, 6.45) is 1.65. The highest BCUT2D eigenvalue weighted by Crippen LogP contribution is 2.20. The van der Waals surface area contributed by atoms with Gasteiger partial charge in [-0.25, -0.2) is 13.2 Å². The second kappa shape index (κ2) is 10.8. The van der Waals surface area contributed by atoms with Crippen molar-refractivity contribution in [2.75, 3.05) is 18.9 Å². The molecule has 2 aromatic rings. The van der Waals surface area contributed by atoms with E-state index in [1.165, 1.54) is 4.90 Å². The van der Waals surface area contributed by atoms with Crippen molar-refractivity contribution in [3.05, 3.63) is 65.5 Å². The molecule has 2 atom stereocenters. The molecule has 0 heterocycles. The van der Waals surface area contributed by atoms with Gasteiger partial charge in [-0.1, -0.05) is 43.7 Å². The van der Waals surface area contributed by atoms with Gasteiger partial charge >= 0.3 is 0 Å². The molecule has 0 saturated heterocycles. The van der Waals surface area contributed by atoms with Crippen molar-refractivity contribution in [2.45, 2.75) is 38.8 Å². The van der Waals surface area contributed by atoms with E-state index in [9.17, 15) is 22.8 Å². The third-order valence-electron chi connectivity index (χ3n) is 4.84. The van der Waals surface area contributed by atoms with E-state index in [4.69, 9.17) is 0 Å². The van der Waals surface area contributed by atoms with Crippen molar-refractivity contribution in [2.24, 2.45) is 0 Å². The van der Waals surface area contributed by atoms with Crippen molar-refractivity contribution in [1.82, 2.24) is 10.2 Å². The van der Waals surface area contributed by atoms with E-state index in [1.807, 2.05) is 37.3 Å². The standard InChI is InChI=1S/C22H26F3N3O2/c1-4-8-17(15-9-6-5-7-10-15)27-22(30)14(2)28(3)13-19(29)26-18-12-11-16(23)20(24)21(18)25/h5-7,9-12,14,17H,4,8,13H2,1-3H3,(H,26,29)(H,27,30)/t14-,17-/m1/s1. The molecule has 0 bridgehead atoms. The number of amides is 2. The van der Waals surface area contributed by atoms with E-state index in [1.54, 1.807) is 14.0 Å². The monoisotopic (exact) mass is 421 g/mol. The lowest BCUT2D eigenvalue weighted by molar-refractivity contribution is -0.127. The summed E-state index contributed by atoms with van der Waals surface area (Å²) >= 11 is 0. The highest BCUT2D eigenvalue weighted by Gasteiger charge is 2.24. The van der Waals surface area contributed by atoms with Crippen molar-refractivity contribution in [3.63, 3.8) is 0 Å². The molecule has 0 spiro atoms. The number of nitrogens with one attached hydrogen (secondary N) is 2. The number of hydrogen-bond acceptors (Lipinski definition) is 3. The zero-order valence-corrected chi connectivity index (χ0v) is 17.2. The normalized spacial score (nSPS) is 13.0. The third kappa shape index (κ3) is 6.06. The first kappa shape index (κ1) is 23.4. The lowest BCUT2D eigenvalue weighted by Crippen LogP contribution is -2.46. The fraction of sp³-hybridized carbons (Fsp3) is 0.364. The third-order valence-corrected chi connectivity index (χ3v) is 4.84. The number of hydrogen-bond donors (Lipinski definition) is 2. The zero-order chi connectivity index (χ0) is 22.3. The van der Waals surface area contributed by atoms with Gasteiger partial charge in [0.25, 0.3) is 0 Å². The molecule has 5 nitrogen and oxygen atoms in total. The summed E-state index contributed by atoms with van der Waals surface area (Å²) in [7, 11) is 1.57. The van der Waals surface area contributed by atoms with Gasteiger partial charge in [0.15, 0.2) is 17.5 Å². The maximum Gasteiger partial charge on any atom is 0.238 e. The Hall–Kier alpha value is -2.87. The predicted octanol–water partition coefficient (Wildman–Crippen LogP) is 4.02. The fourth-order valence-corrected chi connectivity index (χ4v) is 2.96. The molecule has 162 valence electrons. The zero-order valence-electron chi connectivity index (χ0n) is 17.2. The summed E-state index contributed by atoms with van der Waals surface area (Å²) < 4.78 is 40.0. The minimum Gasteiger partial charge on any atom is -0.348 e. The Morgan fingerprint density at radius 3 is 2.33 bits per heavy atom. The highest BCUT2D eigenvalue weighted by molar-refractivity contribution is 5.93. The number of rotatable bonds is 9. The summed E-state index contributed by atoms with van der Waals surface area (Å²) in [6, 6.07) is 10.5. The lowest BCUT2D eigenvalue weighted by Gasteiger charge is -2.26. The van der Waals surface area contributed by atoms with Crippen LogP contribution in [0.15, 0.2) is 42.5 Å². The van der Waals surface area contributed by atoms with Crippen LogP contribution in [-0.2, 0) is 9.59 Å². The van der Waals surface area contributed by atoms with Gasteiger partial charge in [-0.15, -0.1) is 0 Å². The van der Waals surface area contributed by atoms with E-state index >= 15 is 0 Å². The average molecular weight is 421 g/mol. The van der Waals surface area contributed by atoms with E-state index in [-0.39, 0.29) is 18.5 Å². The number of carbonyl (C=O) groups excluding carboxylic acids is 2. The molecule has 2 N–H and O–H groups in total. The van der Waals surface area contributed by atoms with Gasteiger partial charge in [-0.3, -0.25) is 14.5 Å². The molecule has 0 aliphatic rings. The van der Waals surface area contributed by atoms with Gasteiger partial charge in [0.2, 0.25) is 11.8 Å². The van der Waals surface area contributed by atoms with Gasteiger partial charge in [0.1, 0.15) is 0 Å². The van der Waals surface area contributed by atoms with Crippen molar-refractivity contribution < 1.29 is 22.8 Å². The molecule has 0 aromatic heterocycles. The van der Waals surface area contributed by atoms with Crippen LogP contribution >= 0.6 is 0 Å². The molecule has 0 saturated carbocycles. The molecular formula is C22H26F3N3O2. The number of anilines is 1. The van der Waals surface area contributed by atoms with Crippen molar-refractivity contribution in [3.8, 4) is 0 Å². The van der Waals surface area contributed by atoms with Crippen LogP contribution in [0, 0.1) is 17.5 Å². The van der Waals surface area contributed by atoms with E-state index < -0.39 is 35.1 Å². The predicted molar refractivity (Wildman–Crippen MR) is 109 cm³/mol. The van der Waals surface area contributed by atoms with Crippen LogP contribution in [0.1, 0.15) is 38.3 Å². The Morgan fingerprint density at radius 2 is 1.70 bits per heavy atom. The maximum atomic E-state index is 13.7. The molecule has 2 amide bonds. The van der Waals surface area contributed by atoms with Crippen LogP contribution in [-0.4, -0.2) is 36.3 Å². The molecule has 0 aliphatic heterocycles. The molecule has 8 heteroatoms. The smallest absolute Gasteiger partial charge is 0.238 e. The molecule has 0 radical (unpaired) electrons. The molecule has 2 rings (SSSR count). The lowest BCUT2D eigenvalue weighted by atomic mass is 10.0. The first-order chi connectivity index (χ1) is 14.2. The first-order valence-corrected chi connectivity index (χ1v) is 9.73. The topological polar surface area (TPSA) is 61.4 Å². The minimum absolute atomic E-state index is 0.148. The molecule has 0 aliphatic carbocycles. The van der Waals surface area contributed by atoms with Gasteiger partial charge in [-0.2, -0.15) is 0 Å². The summed E-state index contributed by atoms with van der Waals surface area (Å²) in [6.45, 7) is 3.44. The Bertz CT molecular complexity index is 877. The summed E-state index contributed by atoms with van der Waals surface area (Å²) in [5, 5.41) is 5.19. The summed E-state index contributed by atoms with van der Waals surface area (Å²) in [4.78, 5) is 26.3. The van der Waals surface area contributed by atoms with Gasteiger partial charge < -0.3 is 10.6 Å². The average Bonchev–Trinajstić information content (AvgIpc) is 2.73. The SMILES string of the molecule is CCC[C@@H](NC(=O)[C@@H](C)N(C)CC(=O)Nc1ccc(F)c(F)c1F)c1ccccc1. The number of halogens is 3. The number of nitrogens with zero attached hydrogens (tertiary/aromatic N) is 1. The summed E-state index contributed by atoms with van der Waals surface area (Å²) in [5.74, 6) is -5.38. The minimum atomic E-state index is -1.66. The molecule has 0 unspecified atom stereocenters. The molecular weight excluding hydrogens is 395 g/mol. The van der Waals surface area contributed by atoms with Crippen LogP contribution in [0.3, 0.4) is 0 Å². The molecule has 2 aromatic carbocycles. The van der Waals surface area contributed by atoms with E-state index in [0.717, 1.165) is 30.5 Å². The van der Waals surface area contributed by atoms with Gasteiger partial charge in [0, 0.05) is 0 Å². The van der Waals surface area contributed by atoms with Gasteiger partial charge in [-0.05, 0) is 38.1 Å². The maximum absolute atomic E-state index is 13.7. The highest BCUT2D eigenvalue weighted by atomic mass is 19.2. The number of carbonyl (C=O) groups is 2. The Labute approximate surface area is 174 Å². The number of likely N-dealkylation sites (N-methyl/N-ethyl adjacent to an activating group) is 1. The Balaban J connectivity index is 1.97. The van der Waals surface area contributed by atoms with Crippen LogP contribution in [0.4, 0.5) is 18.9 Å². The first-order valence-electron chi connectivity index (χ1n) is 9.73. The second-order valence-corrected chi connectivity index (χ2v) is 7.12. The molecule has 30 heavy (non-hydrogen) atoms. The Kier molecular flexibility index (Phi) is 8.41. The quantitative estimate of drug-likeness (QED) is 0.602. The second-order valence-electron chi connectivity index (χ2n) is 7.12. The van der Waals surface area contributed by atoms with E-state index in [2.05, 4.69) is 10.6 Å². The van der Waals surface area contributed by atoms with Crippen LogP contribution in [0.25, 0.3) is 0 Å². The van der Waals surface area contributed by atoms with Crippen LogP contribution in [0.5, 0.6) is 0 Å². The number of benzene rings is 2. The fourth-order valence-electron chi connectivity index (χ4n) is 2.96. The van der Waals surface area contributed by atoms with E-state index in [0.29, 0.717) is 0 Å².